The summed E-state index contributed by atoms with van der Waals surface area (Å²) in [7, 11) is 0. The minimum Gasteiger partial charge on any atom is -0.311 e. The van der Waals surface area contributed by atoms with Crippen LogP contribution in [0.15, 0.2) is 29.8 Å². The summed E-state index contributed by atoms with van der Waals surface area (Å²) < 4.78 is 0. The highest BCUT2D eigenvalue weighted by Crippen LogP contribution is 2.19. The van der Waals surface area contributed by atoms with Gasteiger partial charge in [0.1, 0.15) is 5.01 Å². The normalized spacial score (nSPS) is 10.5. The maximum absolute atomic E-state index is 4.51. The van der Waals surface area contributed by atoms with Crippen molar-refractivity contribution in [1.82, 2.24) is 15.3 Å². The Hall–Kier alpha value is -1.26. The largest absolute Gasteiger partial charge is 0.311 e. The first kappa shape index (κ1) is 10.3. The molecule has 0 fully saturated rings. The van der Waals surface area contributed by atoms with Crippen LogP contribution in [0.3, 0.4) is 0 Å². The smallest absolute Gasteiger partial charge is 0.107 e. The van der Waals surface area contributed by atoms with Gasteiger partial charge >= 0.3 is 0 Å². The van der Waals surface area contributed by atoms with Crippen molar-refractivity contribution >= 4 is 11.3 Å². The minimum absolute atomic E-state index is 0.841. The molecule has 0 aliphatic carbocycles. The van der Waals surface area contributed by atoms with E-state index in [-0.39, 0.29) is 0 Å². The van der Waals surface area contributed by atoms with Crippen molar-refractivity contribution in [2.45, 2.75) is 13.5 Å². The molecule has 0 unspecified atom stereocenters. The zero-order valence-electron chi connectivity index (χ0n) is 8.60. The summed E-state index contributed by atoms with van der Waals surface area (Å²) in [5, 5.41) is 6.42. The molecule has 0 aliphatic rings. The quantitative estimate of drug-likeness (QED) is 0.857. The summed E-state index contributed by atoms with van der Waals surface area (Å²) in [5.41, 5.74) is 1.91. The average molecular weight is 219 g/mol. The van der Waals surface area contributed by atoms with E-state index in [1.807, 2.05) is 18.2 Å². The van der Waals surface area contributed by atoms with Crippen LogP contribution in [-0.2, 0) is 6.54 Å². The van der Waals surface area contributed by atoms with E-state index in [0.717, 1.165) is 29.5 Å². The van der Waals surface area contributed by atoms with Gasteiger partial charge in [-0.3, -0.25) is 4.98 Å². The fraction of sp³-hybridized carbons (Fsp3) is 0.273. The van der Waals surface area contributed by atoms with Gasteiger partial charge in [0, 0.05) is 18.1 Å². The highest BCUT2D eigenvalue weighted by atomic mass is 32.1. The Morgan fingerprint density at radius 1 is 1.33 bits per heavy atom. The molecule has 2 aromatic heterocycles. The molecular weight excluding hydrogens is 206 g/mol. The lowest BCUT2D eigenvalue weighted by Gasteiger charge is -1.95. The van der Waals surface area contributed by atoms with Crippen molar-refractivity contribution in [3.8, 4) is 11.4 Å². The van der Waals surface area contributed by atoms with Crippen molar-refractivity contribution in [3.05, 3.63) is 34.8 Å². The lowest BCUT2D eigenvalue weighted by molar-refractivity contribution is 0.723. The molecular formula is C11H13N3S. The number of nitrogens with zero attached hydrogens (tertiary/aromatic N) is 2. The van der Waals surface area contributed by atoms with Gasteiger partial charge in [-0.25, -0.2) is 4.98 Å². The van der Waals surface area contributed by atoms with Crippen molar-refractivity contribution < 1.29 is 0 Å². The molecule has 0 atom stereocenters. The monoisotopic (exact) mass is 219 g/mol. The molecule has 2 rings (SSSR count). The molecule has 15 heavy (non-hydrogen) atoms. The molecule has 0 aliphatic heterocycles. The maximum atomic E-state index is 4.51. The first-order valence-corrected chi connectivity index (χ1v) is 5.84. The number of hydrogen-bond acceptors (Lipinski definition) is 4. The molecule has 3 nitrogen and oxygen atoms in total. The molecule has 2 heterocycles. The molecule has 4 heteroatoms. The second-order valence-electron chi connectivity index (χ2n) is 3.12. The summed E-state index contributed by atoms with van der Waals surface area (Å²) in [6.45, 7) is 3.90. The lowest BCUT2D eigenvalue weighted by Crippen LogP contribution is -2.11. The van der Waals surface area contributed by atoms with E-state index >= 15 is 0 Å². The third-order valence-electron chi connectivity index (χ3n) is 2.01. The van der Waals surface area contributed by atoms with E-state index in [1.165, 1.54) is 0 Å². The molecule has 1 N–H and O–H groups in total. The van der Waals surface area contributed by atoms with Crippen molar-refractivity contribution in [3.63, 3.8) is 0 Å². The third-order valence-corrected chi connectivity index (χ3v) is 2.85. The van der Waals surface area contributed by atoms with E-state index in [1.54, 1.807) is 17.5 Å². The van der Waals surface area contributed by atoms with Crippen molar-refractivity contribution in [1.29, 1.82) is 0 Å². The van der Waals surface area contributed by atoms with E-state index in [4.69, 9.17) is 0 Å². The second-order valence-corrected chi connectivity index (χ2v) is 4.06. The molecule has 0 amide bonds. The molecule has 0 radical (unpaired) electrons. The van der Waals surface area contributed by atoms with Crippen LogP contribution < -0.4 is 5.32 Å². The van der Waals surface area contributed by atoms with Gasteiger partial charge in [0.05, 0.1) is 11.4 Å². The first-order valence-electron chi connectivity index (χ1n) is 4.96. The van der Waals surface area contributed by atoms with Crippen LogP contribution in [0, 0.1) is 0 Å². The van der Waals surface area contributed by atoms with Gasteiger partial charge in [0.25, 0.3) is 0 Å². The summed E-state index contributed by atoms with van der Waals surface area (Å²) in [4.78, 5) is 8.78. The Labute approximate surface area is 93.2 Å². The van der Waals surface area contributed by atoms with Crippen LogP contribution in [-0.4, -0.2) is 16.5 Å². The Bertz CT molecular complexity index is 411. The highest BCUT2D eigenvalue weighted by molar-refractivity contribution is 7.09. The van der Waals surface area contributed by atoms with Gasteiger partial charge in [0.15, 0.2) is 0 Å². The van der Waals surface area contributed by atoms with Crippen molar-refractivity contribution in [2.24, 2.45) is 0 Å². The molecule has 2 aromatic rings. The number of rotatable bonds is 4. The number of nitrogens with one attached hydrogen (secondary N) is 1. The molecule has 0 saturated carbocycles. The van der Waals surface area contributed by atoms with Crippen LogP contribution in [0.1, 0.15) is 11.9 Å². The topological polar surface area (TPSA) is 37.8 Å². The van der Waals surface area contributed by atoms with E-state index in [0.29, 0.717) is 0 Å². The fourth-order valence-corrected chi connectivity index (χ4v) is 2.01. The van der Waals surface area contributed by atoms with Crippen molar-refractivity contribution in [2.75, 3.05) is 6.54 Å². The van der Waals surface area contributed by atoms with E-state index in [2.05, 4.69) is 27.6 Å². The van der Waals surface area contributed by atoms with Crippen LogP contribution in [0.4, 0.5) is 0 Å². The number of aromatic nitrogens is 2. The fourth-order valence-electron chi connectivity index (χ4n) is 1.26. The first-order chi connectivity index (χ1) is 7.40. The van der Waals surface area contributed by atoms with E-state index in [9.17, 15) is 0 Å². The van der Waals surface area contributed by atoms with Gasteiger partial charge in [-0.1, -0.05) is 13.0 Å². The van der Waals surface area contributed by atoms with Crippen LogP contribution >= 0.6 is 11.3 Å². The Morgan fingerprint density at radius 2 is 2.27 bits per heavy atom. The molecule has 78 valence electrons. The summed E-state index contributed by atoms with van der Waals surface area (Å²) in [6.07, 6.45) is 1.79. The standard InChI is InChI=1S/C11H13N3S/c1-2-12-7-11-14-10(8-15-11)9-5-3-4-6-13-9/h3-6,8,12H,2,7H2,1H3. The van der Waals surface area contributed by atoms with Crippen LogP contribution in [0.2, 0.25) is 0 Å². The zero-order valence-corrected chi connectivity index (χ0v) is 9.42. The third kappa shape index (κ3) is 2.61. The predicted octanol–water partition coefficient (Wildman–Crippen LogP) is 2.31. The molecule has 0 aromatic carbocycles. The van der Waals surface area contributed by atoms with Gasteiger partial charge < -0.3 is 5.32 Å². The molecule has 0 bridgehead atoms. The lowest BCUT2D eigenvalue weighted by atomic mass is 10.3. The maximum Gasteiger partial charge on any atom is 0.107 e. The highest BCUT2D eigenvalue weighted by Gasteiger charge is 2.03. The molecule has 0 spiro atoms. The van der Waals surface area contributed by atoms with Gasteiger partial charge in [-0.05, 0) is 18.7 Å². The summed E-state index contributed by atoms with van der Waals surface area (Å²) >= 11 is 1.67. The second kappa shape index (κ2) is 5.00. The summed E-state index contributed by atoms with van der Waals surface area (Å²) in [5.74, 6) is 0. The Morgan fingerprint density at radius 3 is 3.00 bits per heavy atom. The van der Waals surface area contributed by atoms with Gasteiger partial charge in [0.2, 0.25) is 0 Å². The zero-order chi connectivity index (χ0) is 10.5. The van der Waals surface area contributed by atoms with Crippen LogP contribution in [0.5, 0.6) is 0 Å². The minimum atomic E-state index is 0.841. The number of hydrogen-bond donors (Lipinski definition) is 1. The molecule has 0 saturated heterocycles. The number of pyridine rings is 1. The van der Waals surface area contributed by atoms with Gasteiger partial charge in [-0.2, -0.15) is 0 Å². The van der Waals surface area contributed by atoms with Gasteiger partial charge in [-0.15, -0.1) is 11.3 Å². The predicted molar refractivity (Wildman–Crippen MR) is 62.7 cm³/mol. The Balaban J connectivity index is 2.14. The van der Waals surface area contributed by atoms with E-state index < -0.39 is 0 Å². The Kier molecular flexibility index (Phi) is 3.42. The SMILES string of the molecule is CCNCc1nc(-c2ccccn2)cs1. The summed E-state index contributed by atoms with van der Waals surface area (Å²) in [6, 6.07) is 5.87. The average Bonchev–Trinajstić information content (AvgIpc) is 2.76. The van der Waals surface area contributed by atoms with Crippen LogP contribution in [0.25, 0.3) is 11.4 Å². The number of thiazole rings is 1.